The van der Waals surface area contributed by atoms with Gasteiger partial charge in [0.15, 0.2) is 0 Å². The van der Waals surface area contributed by atoms with Crippen molar-refractivity contribution in [2.75, 3.05) is 13.1 Å². The molecule has 2 heterocycles. The predicted molar refractivity (Wildman–Crippen MR) is 102 cm³/mol. The van der Waals surface area contributed by atoms with Gasteiger partial charge in [0.1, 0.15) is 5.75 Å². The molecule has 0 radical (unpaired) electrons. The molecule has 1 unspecified atom stereocenters. The molecule has 1 aliphatic heterocycles. The lowest BCUT2D eigenvalue weighted by molar-refractivity contribution is -0.123. The van der Waals surface area contributed by atoms with E-state index in [1.807, 2.05) is 29.6 Å². The summed E-state index contributed by atoms with van der Waals surface area (Å²) in [7, 11) is 0. The smallest absolute Gasteiger partial charge is 0.234 e. The molecule has 0 saturated carbocycles. The van der Waals surface area contributed by atoms with Crippen molar-refractivity contribution >= 4 is 17.2 Å². The summed E-state index contributed by atoms with van der Waals surface area (Å²) >= 11 is 1.67. The fraction of sp³-hybridized carbons (Fsp3) is 0.450. The van der Waals surface area contributed by atoms with Gasteiger partial charge in [-0.3, -0.25) is 9.69 Å². The fourth-order valence-corrected chi connectivity index (χ4v) is 4.07. The van der Waals surface area contributed by atoms with Crippen LogP contribution in [0.2, 0.25) is 0 Å². The highest BCUT2D eigenvalue weighted by Crippen LogP contribution is 2.22. The number of hydrogen-bond acceptors (Lipinski definition) is 4. The fourth-order valence-electron chi connectivity index (χ4n) is 3.43. The molecule has 4 nitrogen and oxygen atoms in total. The second-order valence-corrected chi connectivity index (χ2v) is 7.71. The Balaban J connectivity index is 1.48. The van der Waals surface area contributed by atoms with Crippen LogP contribution >= 0.6 is 11.3 Å². The molecule has 1 aliphatic rings. The number of benzene rings is 1. The molecule has 25 heavy (non-hydrogen) atoms. The van der Waals surface area contributed by atoms with Crippen molar-refractivity contribution in [3.05, 3.63) is 52.2 Å². The molecule has 0 bridgehead atoms. The maximum absolute atomic E-state index is 12.3. The molecule has 5 heteroatoms. The van der Waals surface area contributed by atoms with Crippen LogP contribution in [0.15, 0.2) is 41.8 Å². The van der Waals surface area contributed by atoms with Crippen molar-refractivity contribution in [3.63, 3.8) is 0 Å². The highest BCUT2D eigenvalue weighted by Gasteiger charge is 2.23. The van der Waals surface area contributed by atoms with Gasteiger partial charge in [0.25, 0.3) is 0 Å². The number of rotatable bonds is 7. The largest absolute Gasteiger partial charge is 0.508 e. The van der Waals surface area contributed by atoms with Gasteiger partial charge < -0.3 is 10.4 Å². The molecule has 1 saturated heterocycles. The standard InChI is InChI=1S/C20H26N2O2S/c23-18-10-7-16(8-11-18)6-9-17-4-1-2-12-22(17)15-20(24)21-14-19-5-3-13-25-19/h3,5,7-8,10-11,13,17,23H,1-2,4,6,9,12,14-15H2,(H,21,24). The highest BCUT2D eigenvalue weighted by molar-refractivity contribution is 7.09. The minimum absolute atomic E-state index is 0.116. The molecule has 1 fully saturated rings. The van der Waals surface area contributed by atoms with Crippen molar-refractivity contribution < 1.29 is 9.90 Å². The average Bonchev–Trinajstić information content (AvgIpc) is 3.14. The Morgan fingerprint density at radius 1 is 1.24 bits per heavy atom. The molecule has 1 aromatic heterocycles. The van der Waals surface area contributed by atoms with Gasteiger partial charge in [0.2, 0.25) is 5.91 Å². The van der Waals surface area contributed by atoms with E-state index in [1.165, 1.54) is 23.3 Å². The second-order valence-electron chi connectivity index (χ2n) is 6.68. The molecule has 0 spiro atoms. The van der Waals surface area contributed by atoms with Crippen molar-refractivity contribution in [1.82, 2.24) is 10.2 Å². The van der Waals surface area contributed by atoms with E-state index in [0.29, 0.717) is 24.9 Å². The van der Waals surface area contributed by atoms with E-state index >= 15 is 0 Å². The number of hydrogen-bond donors (Lipinski definition) is 2. The van der Waals surface area contributed by atoms with Crippen LogP contribution in [-0.4, -0.2) is 35.0 Å². The van der Waals surface area contributed by atoms with Crippen molar-refractivity contribution in [2.45, 2.75) is 44.7 Å². The van der Waals surface area contributed by atoms with Gasteiger partial charge in [-0.2, -0.15) is 0 Å². The number of carbonyl (C=O) groups is 1. The number of carbonyl (C=O) groups excluding carboxylic acids is 1. The minimum atomic E-state index is 0.116. The topological polar surface area (TPSA) is 52.6 Å². The summed E-state index contributed by atoms with van der Waals surface area (Å²) in [4.78, 5) is 15.8. The van der Waals surface area contributed by atoms with Crippen LogP contribution in [-0.2, 0) is 17.8 Å². The Kier molecular flexibility index (Phi) is 6.48. The van der Waals surface area contributed by atoms with Crippen LogP contribution in [0.4, 0.5) is 0 Å². The molecule has 3 rings (SSSR count). The number of likely N-dealkylation sites (tertiary alicyclic amines) is 1. The Bertz CT molecular complexity index is 655. The maximum atomic E-state index is 12.3. The number of phenols is 1. The Hall–Kier alpha value is -1.85. The summed E-state index contributed by atoms with van der Waals surface area (Å²) in [5.74, 6) is 0.426. The number of aryl methyl sites for hydroxylation is 1. The third-order valence-corrected chi connectivity index (χ3v) is 5.71. The molecule has 134 valence electrons. The first-order valence-corrected chi connectivity index (χ1v) is 9.90. The lowest BCUT2D eigenvalue weighted by atomic mass is 9.96. The van der Waals surface area contributed by atoms with Gasteiger partial charge in [-0.15, -0.1) is 11.3 Å². The first-order chi connectivity index (χ1) is 12.2. The van der Waals surface area contributed by atoms with E-state index in [1.54, 1.807) is 23.5 Å². The summed E-state index contributed by atoms with van der Waals surface area (Å²) in [5.41, 5.74) is 1.24. The monoisotopic (exact) mass is 358 g/mol. The maximum Gasteiger partial charge on any atom is 0.234 e. The quantitative estimate of drug-likeness (QED) is 0.796. The van der Waals surface area contributed by atoms with Crippen LogP contribution in [0.3, 0.4) is 0 Å². The van der Waals surface area contributed by atoms with E-state index in [4.69, 9.17) is 0 Å². The number of nitrogens with zero attached hydrogens (tertiary/aromatic N) is 1. The van der Waals surface area contributed by atoms with E-state index < -0.39 is 0 Å². The van der Waals surface area contributed by atoms with Gasteiger partial charge in [-0.1, -0.05) is 24.6 Å². The van der Waals surface area contributed by atoms with Crippen LogP contribution in [0.25, 0.3) is 0 Å². The van der Waals surface area contributed by atoms with Crippen LogP contribution in [0.1, 0.15) is 36.1 Å². The third kappa shape index (κ3) is 5.58. The zero-order chi connectivity index (χ0) is 17.5. The highest BCUT2D eigenvalue weighted by atomic mass is 32.1. The summed E-state index contributed by atoms with van der Waals surface area (Å²) in [6, 6.07) is 12.0. The van der Waals surface area contributed by atoms with Crippen molar-refractivity contribution in [3.8, 4) is 5.75 Å². The number of piperidine rings is 1. The number of amides is 1. The lowest BCUT2D eigenvalue weighted by Crippen LogP contribution is -2.45. The van der Waals surface area contributed by atoms with Crippen LogP contribution in [0.5, 0.6) is 5.75 Å². The number of phenolic OH excluding ortho intramolecular Hbond substituents is 1. The zero-order valence-corrected chi connectivity index (χ0v) is 15.3. The first-order valence-electron chi connectivity index (χ1n) is 9.02. The molecule has 1 aromatic carbocycles. The van der Waals surface area contributed by atoms with E-state index in [0.717, 1.165) is 25.8 Å². The van der Waals surface area contributed by atoms with E-state index in [2.05, 4.69) is 10.2 Å². The van der Waals surface area contributed by atoms with E-state index in [9.17, 15) is 9.90 Å². The molecule has 0 aliphatic carbocycles. The number of nitrogens with one attached hydrogen (secondary N) is 1. The number of aromatic hydroxyl groups is 1. The first kappa shape index (κ1) is 18.0. The zero-order valence-electron chi connectivity index (χ0n) is 14.5. The summed E-state index contributed by atoms with van der Waals surface area (Å²) in [6.45, 7) is 2.13. The summed E-state index contributed by atoms with van der Waals surface area (Å²) in [5, 5.41) is 14.5. The van der Waals surface area contributed by atoms with Gasteiger partial charge >= 0.3 is 0 Å². The van der Waals surface area contributed by atoms with Gasteiger partial charge in [0, 0.05) is 10.9 Å². The Morgan fingerprint density at radius 3 is 2.84 bits per heavy atom. The molecular formula is C20H26N2O2S. The summed E-state index contributed by atoms with van der Waals surface area (Å²) in [6.07, 6.45) is 5.62. The lowest BCUT2D eigenvalue weighted by Gasteiger charge is -2.35. The summed E-state index contributed by atoms with van der Waals surface area (Å²) < 4.78 is 0. The predicted octanol–water partition coefficient (Wildman–Crippen LogP) is 3.56. The normalized spacial score (nSPS) is 18.2. The minimum Gasteiger partial charge on any atom is -0.508 e. The average molecular weight is 359 g/mol. The second kappa shape index (κ2) is 9.02. The van der Waals surface area contributed by atoms with Crippen molar-refractivity contribution in [2.24, 2.45) is 0 Å². The SMILES string of the molecule is O=C(CN1CCCCC1CCc1ccc(O)cc1)NCc1cccs1. The molecule has 1 amide bonds. The molecule has 2 N–H and O–H groups in total. The molecule has 1 atom stereocenters. The molecule has 2 aromatic rings. The Morgan fingerprint density at radius 2 is 2.08 bits per heavy atom. The van der Waals surface area contributed by atoms with Gasteiger partial charge in [-0.05, 0) is 61.4 Å². The molecular weight excluding hydrogens is 332 g/mol. The van der Waals surface area contributed by atoms with Gasteiger partial charge in [-0.25, -0.2) is 0 Å². The van der Waals surface area contributed by atoms with Crippen LogP contribution in [0, 0.1) is 0 Å². The Labute approximate surface area is 153 Å². The van der Waals surface area contributed by atoms with Gasteiger partial charge in [0.05, 0.1) is 13.1 Å². The third-order valence-electron chi connectivity index (χ3n) is 4.84. The van der Waals surface area contributed by atoms with E-state index in [-0.39, 0.29) is 5.91 Å². The van der Waals surface area contributed by atoms with Crippen molar-refractivity contribution in [1.29, 1.82) is 0 Å². The number of thiophene rings is 1. The van der Waals surface area contributed by atoms with Crippen LogP contribution < -0.4 is 5.32 Å².